The highest BCUT2D eigenvalue weighted by atomic mass is 16.5. The van der Waals surface area contributed by atoms with E-state index in [1.165, 1.54) is 4.90 Å². The van der Waals surface area contributed by atoms with Gasteiger partial charge in [-0.1, -0.05) is 60.7 Å². The summed E-state index contributed by atoms with van der Waals surface area (Å²) in [5, 5.41) is 0.620. The summed E-state index contributed by atoms with van der Waals surface area (Å²) in [5.41, 5.74) is 3.22. The summed E-state index contributed by atoms with van der Waals surface area (Å²) in [6.45, 7) is -0.370. The number of ketones is 1. The van der Waals surface area contributed by atoms with Gasteiger partial charge in [0.05, 0.1) is 34.3 Å². The molecule has 7 nitrogen and oxygen atoms in total. The van der Waals surface area contributed by atoms with Crippen LogP contribution < -0.4 is 4.90 Å². The minimum absolute atomic E-state index is 0.0751. The van der Waals surface area contributed by atoms with Crippen molar-refractivity contribution in [1.82, 2.24) is 4.98 Å². The van der Waals surface area contributed by atoms with E-state index in [1.807, 2.05) is 36.4 Å². The quantitative estimate of drug-likeness (QED) is 0.186. The fourth-order valence-electron chi connectivity index (χ4n) is 6.85. The fourth-order valence-corrected chi connectivity index (χ4v) is 6.85. The summed E-state index contributed by atoms with van der Waals surface area (Å²) in [4.78, 5) is 58.2. The predicted octanol–water partition coefficient (Wildman–Crippen LogP) is 5.48. The summed E-state index contributed by atoms with van der Waals surface area (Å²) >= 11 is 0. The van der Waals surface area contributed by atoms with Crippen LogP contribution in [0.25, 0.3) is 22.2 Å². The highest BCUT2D eigenvalue weighted by Gasteiger charge is 2.61. The number of pyridine rings is 1. The highest BCUT2D eigenvalue weighted by Crippen LogP contribution is 2.56. The van der Waals surface area contributed by atoms with E-state index < -0.39 is 5.97 Å². The van der Waals surface area contributed by atoms with Gasteiger partial charge >= 0.3 is 5.97 Å². The molecular formula is C33H26N2O5. The van der Waals surface area contributed by atoms with Gasteiger partial charge in [-0.2, -0.15) is 0 Å². The number of imide groups is 1. The number of Topliss-reactive ketones (excluding diaryl/α,β-unsaturated/α-hetero) is 1. The summed E-state index contributed by atoms with van der Waals surface area (Å²) < 4.78 is 5.41. The van der Waals surface area contributed by atoms with Crippen LogP contribution in [-0.4, -0.2) is 35.2 Å². The van der Waals surface area contributed by atoms with Crippen LogP contribution in [0.5, 0.6) is 0 Å². The van der Waals surface area contributed by atoms with E-state index in [0.717, 1.165) is 24.8 Å². The van der Waals surface area contributed by atoms with Crippen molar-refractivity contribution in [1.29, 1.82) is 0 Å². The molecule has 2 bridgehead atoms. The average molecular weight is 531 g/mol. The number of rotatable bonds is 6. The smallest absolute Gasteiger partial charge is 0.339 e. The number of nitrogens with zero attached hydrogens (tertiary/aromatic N) is 2. The Morgan fingerprint density at radius 2 is 1.48 bits per heavy atom. The fraction of sp³-hybridized carbons (Fsp3) is 0.242. The molecule has 4 aromatic rings. The molecule has 1 saturated heterocycles. The third kappa shape index (κ3) is 3.92. The maximum Gasteiger partial charge on any atom is 0.339 e. The van der Waals surface area contributed by atoms with Crippen molar-refractivity contribution >= 4 is 40.2 Å². The standard InChI is InChI=1S/C33H26N2O5/c36-28(20-6-2-1-3-7-20)18-40-33(39)25-17-27(34-26-9-5-4-8-24(25)26)19-12-14-23(15-13-19)35-31(37)29-21-10-11-22(16-21)30(29)32(35)38/h1-9,12-15,17,21-22,29-30H,10-11,16,18H2/t21-,22-,29-,30-/m0/s1. The second-order valence-electron chi connectivity index (χ2n) is 10.9. The number of benzene rings is 3. The Hall–Kier alpha value is -4.65. The Labute approximate surface area is 230 Å². The number of hydrogen-bond donors (Lipinski definition) is 0. The minimum Gasteiger partial charge on any atom is -0.454 e. The Kier molecular flexibility index (Phi) is 5.81. The molecule has 40 heavy (non-hydrogen) atoms. The Bertz CT molecular complexity index is 1650. The monoisotopic (exact) mass is 530 g/mol. The molecule has 7 rings (SSSR count). The molecular weight excluding hydrogens is 504 g/mol. The van der Waals surface area contributed by atoms with Crippen LogP contribution in [0.4, 0.5) is 5.69 Å². The summed E-state index contributed by atoms with van der Waals surface area (Å²) in [6.07, 6.45) is 3.07. The van der Waals surface area contributed by atoms with Crippen LogP contribution >= 0.6 is 0 Å². The number of anilines is 1. The number of para-hydroxylation sites is 1. The van der Waals surface area contributed by atoms with Gasteiger partial charge in [-0.3, -0.25) is 19.3 Å². The van der Waals surface area contributed by atoms with Crippen molar-refractivity contribution in [2.45, 2.75) is 19.3 Å². The van der Waals surface area contributed by atoms with Gasteiger partial charge in [-0.25, -0.2) is 9.78 Å². The van der Waals surface area contributed by atoms with Gasteiger partial charge in [0.2, 0.25) is 11.8 Å². The maximum atomic E-state index is 13.2. The minimum atomic E-state index is -0.616. The molecule has 3 fully saturated rings. The zero-order valence-electron chi connectivity index (χ0n) is 21.7. The molecule has 1 aromatic heterocycles. The lowest BCUT2D eigenvalue weighted by Crippen LogP contribution is -2.32. The van der Waals surface area contributed by atoms with Crippen LogP contribution in [0, 0.1) is 23.7 Å². The SMILES string of the molecule is O=C(COC(=O)c1cc(-c2ccc(N3C(=O)[C@H]4[C@H]5CC[C@@H](C5)[C@@H]4C3=O)cc2)nc2ccccc12)c1ccccc1. The van der Waals surface area contributed by atoms with Crippen molar-refractivity contribution in [3.8, 4) is 11.3 Å². The first-order valence-electron chi connectivity index (χ1n) is 13.6. The molecule has 7 heteroatoms. The zero-order valence-corrected chi connectivity index (χ0v) is 21.7. The van der Waals surface area contributed by atoms with Gasteiger partial charge in [0.1, 0.15) is 0 Å². The molecule has 0 radical (unpaired) electrons. The van der Waals surface area contributed by atoms with Gasteiger partial charge in [0.25, 0.3) is 0 Å². The number of hydrogen-bond acceptors (Lipinski definition) is 6. The van der Waals surface area contributed by atoms with Crippen LogP contribution in [-0.2, 0) is 14.3 Å². The Balaban J connectivity index is 1.16. The van der Waals surface area contributed by atoms with Crippen LogP contribution in [0.2, 0.25) is 0 Å². The lowest BCUT2D eigenvalue weighted by atomic mass is 9.81. The van der Waals surface area contributed by atoms with Crippen LogP contribution in [0.15, 0.2) is 84.9 Å². The number of carbonyl (C=O) groups is 4. The van der Waals surface area contributed by atoms with Crippen molar-refractivity contribution in [2.24, 2.45) is 23.7 Å². The molecule has 0 spiro atoms. The maximum absolute atomic E-state index is 13.2. The first-order valence-corrected chi connectivity index (χ1v) is 13.6. The number of esters is 1. The molecule has 0 N–H and O–H groups in total. The molecule has 2 heterocycles. The highest BCUT2D eigenvalue weighted by molar-refractivity contribution is 6.22. The van der Waals surface area contributed by atoms with Gasteiger partial charge in [0, 0.05) is 16.5 Å². The molecule has 3 aromatic carbocycles. The molecule has 0 unspecified atom stereocenters. The van der Waals surface area contributed by atoms with Crippen molar-refractivity contribution in [3.05, 3.63) is 96.1 Å². The molecule has 3 aliphatic rings. The van der Waals surface area contributed by atoms with Gasteiger partial charge in [0.15, 0.2) is 12.4 Å². The molecule has 2 saturated carbocycles. The topological polar surface area (TPSA) is 93.6 Å². The lowest BCUT2D eigenvalue weighted by molar-refractivity contribution is -0.123. The van der Waals surface area contributed by atoms with E-state index in [0.29, 0.717) is 45.2 Å². The van der Waals surface area contributed by atoms with E-state index in [-0.39, 0.29) is 36.0 Å². The second kappa shape index (κ2) is 9.52. The van der Waals surface area contributed by atoms with E-state index in [4.69, 9.17) is 9.72 Å². The first kappa shape index (κ1) is 24.4. The van der Waals surface area contributed by atoms with Gasteiger partial charge in [-0.15, -0.1) is 0 Å². The third-order valence-corrected chi connectivity index (χ3v) is 8.71. The third-order valence-electron chi connectivity index (χ3n) is 8.71. The zero-order chi connectivity index (χ0) is 27.4. The lowest BCUT2D eigenvalue weighted by Gasteiger charge is -2.19. The number of ether oxygens (including phenoxy) is 1. The number of fused-ring (bicyclic) bond motifs is 6. The first-order chi connectivity index (χ1) is 19.5. The summed E-state index contributed by atoms with van der Waals surface area (Å²) in [6, 6.07) is 24.8. The number of amides is 2. The summed E-state index contributed by atoms with van der Waals surface area (Å²) in [7, 11) is 0. The van der Waals surface area contributed by atoms with E-state index in [2.05, 4.69) is 0 Å². The second-order valence-corrected chi connectivity index (χ2v) is 10.9. The Morgan fingerprint density at radius 1 is 0.825 bits per heavy atom. The largest absolute Gasteiger partial charge is 0.454 e. The van der Waals surface area contributed by atoms with Crippen molar-refractivity contribution < 1.29 is 23.9 Å². The molecule has 2 amide bonds. The number of aromatic nitrogens is 1. The molecule has 2 aliphatic carbocycles. The predicted molar refractivity (Wildman–Crippen MR) is 149 cm³/mol. The van der Waals surface area contributed by atoms with Crippen molar-refractivity contribution in [3.63, 3.8) is 0 Å². The normalized spacial score (nSPS) is 23.1. The summed E-state index contributed by atoms with van der Waals surface area (Å²) in [5.74, 6) is -0.729. The number of carbonyl (C=O) groups excluding carboxylic acids is 4. The van der Waals surface area contributed by atoms with E-state index in [1.54, 1.807) is 48.5 Å². The van der Waals surface area contributed by atoms with Gasteiger partial charge < -0.3 is 4.74 Å². The van der Waals surface area contributed by atoms with Crippen molar-refractivity contribution in [2.75, 3.05) is 11.5 Å². The molecule has 198 valence electrons. The molecule has 1 aliphatic heterocycles. The van der Waals surface area contributed by atoms with E-state index >= 15 is 0 Å². The van der Waals surface area contributed by atoms with E-state index in [9.17, 15) is 19.2 Å². The molecule has 4 atom stereocenters. The van der Waals surface area contributed by atoms with Gasteiger partial charge in [-0.05, 0) is 55.4 Å². The van der Waals surface area contributed by atoms with Crippen LogP contribution in [0.3, 0.4) is 0 Å². The van der Waals surface area contributed by atoms with Crippen LogP contribution in [0.1, 0.15) is 40.0 Å². The Morgan fingerprint density at radius 3 is 2.17 bits per heavy atom. The average Bonchev–Trinajstić information content (AvgIpc) is 3.69.